The fraction of sp³-hybridized carbons (Fsp3) is 0.941. The highest BCUT2D eigenvalue weighted by atomic mass is 16.5. The van der Waals surface area contributed by atoms with Gasteiger partial charge < -0.3 is 19.8 Å². The van der Waals surface area contributed by atoms with Crippen molar-refractivity contribution in [2.45, 2.75) is 57.9 Å². The van der Waals surface area contributed by atoms with Crippen LogP contribution in [0.2, 0.25) is 0 Å². The van der Waals surface area contributed by atoms with Gasteiger partial charge in [0.1, 0.15) is 0 Å². The van der Waals surface area contributed by atoms with Gasteiger partial charge in [-0.15, -0.1) is 0 Å². The molecule has 4 rings (SSSR count). The Morgan fingerprint density at radius 3 is 2.27 bits per heavy atom. The third-order valence-electron chi connectivity index (χ3n) is 6.10. The van der Waals surface area contributed by atoms with Crippen molar-refractivity contribution < 1.29 is 19.7 Å². The predicted octanol–water partition coefficient (Wildman–Crippen LogP) is 2.72. The second kappa shape index (κ2) is 5.38. The molecular weight excluding hydrogens is 282 g/mol. The Morgan fingerprint density at radius 1 is 1.14 bits per heavy atom. The van der Waals surface area contributed by atoms with Crippen LogP contribution in [0.4, 0.5) is 4.79 Å². The van der Waals surface area contributed by atoms with Crippen molar-refractivity contribution in [3.8, 4) is 0 Å². The van der Waals surface area contributed by atoms with E-state index < -0.39 is 6.09 Å². The van der Waals surface area contributed by atoms with Gasteiger partial charge in [-0.1, -0.05) is 13.8 Å². The van der Waals surface area contributed by atoms with E-state index in [1.807, 2.05) is 0 Å². The quantitative estimate of drug-likeness (QED) is 0.740. The van der Waals surface area contributed by atoms with E-state index in [-0.39, 0.29) is 18.8 Å². The summed E-state index contributed by atoms with van der Waals surface area (Å²) in [6, 6.07) is 0. The van der Waals surface area contributed by atoms with Crippen molar-refractivity contribution in [2.24, 2.45) is 16.7 Å². The van der Waals surface area contributed by atoms with Crippen LogP contribution >= 0.6 is 0 Å². The third kappa shape index (κ3) is 2.73. The molecule has 0 aliphatic heterocycles. The van der Waals surface area contributed by atoms with E-state index in [9.17, 15) is 9.90 Å². The van der Waals surface area contributed by atoms with Gasteiger partial charge in [-0.2, -0.15) is 0 Å². The number of rotatable bonds is 6. The Labute approximate surface area is 132 Å². The van der Waals surface area contributed by atoms with Gasteiger partial charge in [0.05, 0.1) is 19.8 Å². The number of ether oxygens (including phenoxy) is 1. The first-order chi connectivity index (χ1) is 10.3. The molecular formula is C17H29NO4. The molecule has 4 aliphatic carbocycles. The number of hydrogen-bond acceptors (Lipinski definition) is 3. The summed E-state index contributed by atoms with van der Waals surface area (Å²) < 4.78 is 5.32. The van der Waals surface area contributed by atoms with E-state index in [1.165, 1.54) is 19.3 Å². The summed E-state index contributed by atoms with van der Waals surface area (Å²) in [6.07, 6.45) is 5.97. The highest BCUT2D eigenvalue weighted by molar-refractivity contribution is 5.66. The molecule has 0 saturated heterocycles. The number of hydrogen-bond donors (Lipinski definition) is 2. The van der Waals surface area contributed by atoms with Gasteiger partial charge in [0.15, 0.2) is 0 Å². The molecule has 0 aromatic heterocycles. The molecule has 0 aromatic carbocycles. The van der Waals surface area contributed by atoms with Crippen LogP contribution in [-0.2, 0) is 4.74 Å². The molecule has 5 nitrogen and oxygen atoms in total. The van der Waals surface area contributed by atoms with Crippen LogP contribution in [0, 0.1) is 16.7 Å². The maximum atomic E-state index is 11.9. The lowest BCUT2D eigenvalue weighted by Gasteiger charge is -2.67. The van der Waals surface area contributed by atoms with Gasteiger partial charge in [0.2, 0.25) is 0 Å². The minimum Gasteiger partial charge on any atom is -0.465 e. The summed E-state index contributed by atoms with van der Waals surface area (Å²) in [5.41, 5.74) is 0.402. The van der Waals surface area contributed by atoms with Crippen molar-refractivity contribution in [3.63, 3.8) is 0 Å². The molecule has 4 aliphatic rings. The zero-order valence-corrected chi connectivity index (χ0v) is 13.8. The van der Waals surface area contributed by atoms with Crippen LogP contribution in [0.15, 0.2) is 0 Å². The SMILES string of the molecule is C[C@]12C[C@@H]3C[C@](C)(C1)C[C@](N(CCOCCO)C(=O)O)(C3)C2. The summed E-state index contributed by atoms with van der Waals surface area (Å²) in [7, 11) is 0. The standard InChI is InChI=1S/C17H29NO4/c1-15-7-13-8-16(2,10-15)12-17(9-13,11-15)18(14(20)21)3-5-22-6-4-19/h13,19H,3-12H2,1-2H3,(H,20,21)/t13-,15+,16-,17+. The maximum absolute atomic E-state index is 11.9. The number of nitrogens with zero attached hydrogens (tertiary/aromatic N) is 1. The summed E-state index contributed by atoms with van der Waals surface area (Å²) in [5, 5.41) is 18.6. The molecule has 0 unspecified atom stereocenters. The average Bonchev–Trinajstić information content (AvgIpc) is 2.33. The van der Waals surface area contributed by atoms with Crippen LogP contribution in [0.5, 0.6) is 0 Å². The third-order valence-corrected chi connectivity index (χ3v) is 6.10. The van der Waals surface area contributed by atoms with E-state index >= 15 is 0 Å². The number of carbonyl (C=O) groups is 1. The second-order valence-corrected chi connectivity index (χ2v) is 8.62. The van der Waals surface area contributed by atoms with Crippen LogP contribution in [0.3, 0.4) is 0 Å². The first-order valence-corrected chi connectivity index (χ1v) is 8.49. The zero-order valence-electron chi connectivity index (χ0n) is 13.8. The highest BCUT2D eigenvalue weighted by Crippen LogP contribution is 2.67. The molecule has 0 aromatic rings. The van der Waals surface area contributed by atoms with E-state index in [1.54, 1.807) is 4.90 Å². The second-order valence-electron chi connectivity index (χ2n) is 8.62. The Hall–Kier alpha value is -0.810. The number of carboxylic acid groups (broad SMARTS) is 1. The van der Waals surface area contributed by atoms with Crippen LogP contribution in [-0.4, -0.2) is 53.1 Å². The van der Waals surface area contributed by atoms with Gasteiger partial charge in [-0.25, -0.2) is 4.79 Å². The molecule has 5 heteroatoms. The molecule has 0 heterocycles. The van der Waals surface area contributed by atoms with E-state index in [4.69, 9.17) is 9.84 Å². The minimum atomic E-state index is -0.818. The predicted molar refractivity (Wildman–Crippen MR) is 82.8 cm³/mol. The van der Waals surface area contributed by atoms with E-state index in [0.717, 1.165) is 19.3 Å². The Kier molecular flexibility index (Phi) is 3.92. The Morgan fingerprint density at radius 2 is 1.77 bits per heavy atom. The van der Waals surface area contributed by atoms with Crippen LogP contribution < -0.4 is 0 Å². The van der Waals surface area contributed by atoms with Crippen LogP contribution in [0.25, 0.3) is 0 Å². The lowest BCUT2D eigenvalue weighted by Crippen LogP contribution is -2.66. The zero-order chi connectivity index (χ0) is 16.0. The molecule has 1 amide bonds. The van der Waals surface area contributed by atoms with Crippen molar-refractivity contribution in [1.82, 2.24) is 4.90 Å². The molecule has 2 N–H and O–H groups in total. The highest BCUT2D eigenvalue weighted by Gasteiger charge is 2.62. The first kappa shape index (κ1) is 16.1. The fourth-order valence-corrected chi connectivity index (χ4v) is 6.55. The molecule has 22 heavy (non-hydrogen) atoms. The van der Waals surface area contributed by atoms with Crippen LogP contribution in [0.1, 0.15) is 52.4 Å². The van der Waals surface area contributed by atoms with Gasteiger partial charge in [0.25, 0.3) is 0 Å². The summed E-state index contributed by atoms with van der Waals surface area (Å²) >= 11 is 0. The normalized spacial score (nSPS) is 42.6. The lowest BCUT2D eigenvalue weighted by molar-refractivity contribution is -0.154. The smallest absolute Gasteiger partial charge is 0.407 e. The topological polar surface area (TPSA) is 70.0 Å². The molecule has 4 atom stereocenters. The molecule has 0 spiro atoms. The molecule has 4 bridgehead atoms. The fourth-order valence-electron chi connectivity index (χ4n) is 6.55. The maximum Gasteiger partial charge on any atom is 0.407 e. The molecule has 126 valence electrons. The van der Waals surface area contributed by atoms with Crippen molar-refractivity contribution in [3.05, 3.63) is 0 Å². The Balaban J connectivity index is 1.79. The molecule has 4 saturated carbocycles. The van der Waals surface area contributed by atoms with Gasteiger partial charge in [-0.05, 0) is 55.3 Å². The largest absolute Gasteiger partial charge is 0.465 e. The van der Waals surface area contributed by atoms with E-state index in [0.29, 0.717) is 29.9 Å². The monoisotopic (exact) mass is 311 g/mol. The van der Waals surface area contributed by atoms with Gasteiger partial charge in [-0.3, -0.25) is 0 Å². The van der Waals surface area contributed by atoms with E-state index in [2.05, 4.69) is 13.8 Å². The average molecular weight is 311 g/mol. The summed E-state index contributed by atoms with van der Waals surface area (Å²) in [6.45, 7) is 5.75. The van der Waals surface area contributed by atoms with Crippen molar-refractivity contribution in [1.29, 1.82) is 0 Å². The molecule has 0 radical (unpaired) electrons. The minimum absolute atomic E-state index is 0.0174. The van der Waals surface area contributed by atoms with Gasteiger partial charge >= 0.3 is 6.09 Å². The number of aliphatic hydroxyl groups is 1. The number of aliphatic hydroxyl groups excluding tert-OH is 1. The lowest BCUT2D eigenvalue weighted by atomic mass is 9.42. The summed E-state index contributed by atoms with van der Waals surface area (Å²) in [4.78, 5) is 13.6. The Bertz CT molecular complexity index is 434. The first-order valence-electron chi connectivity index (χ1n) is 8.49. The van der Waals surface area contributed by atoms with Gasteiger partial charge in [0, 0.05) is 12.1 Å². The molecule has 4 fully saturated rings. The van der Waals surface area contributed by atoms with Crippen molar-refractivity contribution >= 4 is 6.09 Å². The van der Waals surface area contributed by atoms with Crippen molar-refractivity contribution in [2.75, 3.05) is 26.4 Å². The number of amides is 1. The summed E-state index contributed by atoms with van der Waals surface area (Å²) in [5.74, 6) is 0.673.